The van der Waals surface area contributed by atoms with Gasteiger partial charge in [-0.1, -0.05) is 23.7 Å². The Labute approximate surface area is 111 Å². The van der Waals surface area contributed by atoms with Crippen LogP contribution in [-0.2, 0) is 6.61 Å². The lowest BCUT2D eigenvalue weighted by atomic mass is 10.2. The highest BCUT2D eigenvalue weighted by Gasteiger charge is 2.06. The van der Waals surface area contributed by atoms with Gasteiger partial charge in [-0.2, -0.15) is 0 Å². The minimum Gasteiger partial charge on any atom is -0.497 e. The Balaban J connectivity index is 2.09. The number of benzene rings is 1. The fraction of sp³-hybridized carbons (Fsp3) is 0.231. The molecule has 0 aliphatic carbocycles. The van der Waals surface area contributed by atoms with Crippen molar-refractivity contribution in [1.29, 1.82) is 0 Å². The molecule has 0 radical (unpaired) electrons. The van der Waals surface area contributed by atoms with Gasteiger partial charge >= 0.3 is 0 Å². The maximum atomic E-state index is 5.89. The molecule has 94 valence electrons. The zero-order chi connectivity index (χ0) is 13.0. The van der Waals surface area contributed by atoms with Gasteiger partial charge in [-0.05, 0) is 24.6 Å². The molecule has 1 aromatic carbocycles. The van der Waals surface area contributed by atoms with Gasteiger partial charge in [-0.3, -0.25) is 0 Å². The molecule has 0 aliphatic heterocycles. The highest BCUT2D eigenvalue weighted by Crippen LogP contribution is 2.21. The van der Waals surface area contributed by atoms with Crippen molar-refractivity contribution in [2.75, 3.05) is 7.11 Å². The van der Waals surface area contributed by atoms with E-state index in [2.05, 4.69) is 9.97 Å². The van der Waals surface area contributed by atoms with Crippen LogP contribution in [-0.4, -0.2) is 17.1 Å². The van der Waals surface area contributed by atoms with Crippen LogP contribution in [0.2, 0.25) is 5.15 Å². The van der Waals surface area contributed by atoms with E-state index in [1.807, 2.05) is 31.2 Å². The Bertz CT molecular complexity index is 546. The van der Waals surface area contributed by atoms with Crippen molar-refractivity contribution in [1.82, 2.24) is 9.97 Å². The predicted molar refractivity (Wildman–Crippen MR) is 69.1 cm³/mol. The van der Waals surface area contributed by atoms with Crippen molar-refractivity contribution < 1.29 is 9.47 Å². The second-order valence-corrected chi connectivity index (χ2v) is 4.09. The van der Waals surface area contributed by atoms with Crippen molar-refractivity contribution >= 4 is 11.6 Å². The van der Waals surface area contributed by atoms with Gasteiger partial charge in [0.15, 0.2) is 0 Å². The molecule has 0 amide bonds. The first-order valence-corrected chi connectivity index (χ1v) is 5.81. The lowest BCUT2D eigenvalue weighted by Crippen LogP contribution is -2.00. The fourth-order valence-corrected chi connectivity index (χ4v) is 1.60. The van der Waals surface area contributed by atoms with Gasteiger partial charge in [0.2, 0.25) is 5.88 Å². The van der Waals surface area contributed by atoms with E-state index >= 15 is 0 Å². The van der Waals surface area contributed by atoms with Crippen LogP contribution in [0.3, 0.4) is 0 Å². The molecule has 0 aliphatic rings. The summed E-state index contributed by atoms with van der Waals surface area (Å²) in [5.74, 6) is 1.30. The molecule has 0 saturated carbocycles. The molecular formula is C13H13ClN2O2. The van der Waals surface area contributed by atoms with Crippen LogP contribution in [0.4, 0.5) is 0 Å². The average molecular weight is 265 g/mol. The minimum atomic E-state index is 0.408. The quantitative estimate of drug-likeness (QED) is 0.796. The molecule has 0 atom stereocenters. The summed E-state index contributed by atoms with van der Waals surface area (Å²) >= 11 is 5.89. The van der Waals surface area contributed by atoms with Crippen LogP contribution in [0.25, 0.3) is 0 Å². The molecule has 2 rings (SSSR count). The normalized spacial score (nSPS) is 10.2. The van der Waals surface area contributed by atoms with Gasteiger partial charge in [0.25, 0.3) is 0 Å². The van der Waals surface area contributed by atoms with Crippen molar-refractivity contribution in [3.8, 4) is 11.6 Å². The van der Waals surface area contributed by atoms with E-state index in [-0.39, 0.29) is 0 Å². The van der Waals surface area contributed by atoms with Crippen LogP contribution in [0.1, 0.15) is 11.1 Å². The second kappa shape index (κ2) is 5.69. The van der Waals surface area contributed by atoms with Crippen LogP contribution in [0.5, 0.6) is 11.6 Å². The van der Waals surface area contributed by atoms with Gasteiger partial charge in [-0.25, -0.2) is 9.97 Å². The lowest BCUT2D eigenvalue weighted by molar-refractivity contribution is 0.290. The minimum absolute atomic E-state index is 0.408. The Kier molecular flexibility index (Phi) is 3.99. The predicted octanol–water partition coefficient (Wildman–Crippen LogP) is 3.03. The fourth-order valence-electron chi connectivity index (χ4n) is 1.47. The molecule has 0 fully saturated rings. The molecule has 2 aromatic rings. The van der Waals surface area contributed by atoms with E-state index in [1.54, 1.807) is 7.11 Å². The van der Waals surface area contributed by atoms with E-state index in [0.29, 0.717) is 17.6 Å². The molecule has 0 unspecified atom stereocenters. The summed E-state index contributed by atoms with van der Waals surface area (Å²) in [5.41, 5.74) is 1.74. The van der Waals surface area contributed by atoms with Crippen LogP contribution >= 0.6 is 11.6 Å². The van der Waals surface area contributed by atoms with Gasteiger partial charge in [0.05, 0.1) is 7.11 Å². The summed E-state index contributed by atoms with van der Waals surface area (Å²) in [7, 11) is 1.63. The summed E-state index contributed by atoms with van der Waals surface area (Å²) in [6.07, 6.45) is 1.39. The third kappa shape index (κ3) is 2.90. The van der Waals surface area contributed by atoms with Gasteiger partial charge < -0.3 is 9.47 Å². The van der Waals surface area contributed by atoms with E-state index in [4.69, 9.17) is 21.1 Å². The smallest absolute Gasteiger partial charge is 0.221 e. The van der Waals surface area contributed by atoms with Crippen molar-refractivity contribution in [3.05, 3.63) is 46.9 Å². The second-order valence-electron chi connectivity index (χ2n) is 3.73. The maximum Gasteiger partial charge on any atom is 0.221 e. The summed E-state index contributed by atoms with van der Waals surface area (Å²) in [4.78, 5) is 7.92. The Morgan fingerprint density at radius 1 is 1.28 bits per heavy atom. The zero-order valence-corrected chi connectivity index (χ0v) is 10.9. The van der Waals surface area contributed by atoms with E-state index in [1.165, 1.54) is 6.33 Å². The molecule has 0 saturated heterocycles. The van der Waals surface area contributed by atoms with E-state index < -0.39 is 0 Å². The molecular weight excluding hydrogens is 252 g/mol. The van der Waals surface area contributed by atoms with Crippen molar-refractivity contribution in [3.63, 3.8) is 0 Å². The molecule has 5 heteroatoms. The van der Waals surface area contributed by atoms with Crippen molar-refractivity contribution in [2.45, 2.75) is 13.5 Å². The molecule has 0 spiro atoms. The van der Waals surface area contributed by atoms with Crippen LogP contribution in [0.15, 0.2) is 30.6 Å². The Morgan fingerprint density at radius 2 is 2.11 bits per heavy atom. The molecule has 1 heterocycles. The summed E-state index contributed by atoms with van der Waals surface area (Å²) in [6, 6.07) is 7.67. The number of aromatic nitrogens is 2. The number of halogens is 1. The van der Waals surface area contributed by atoms with E-state index in [9.17, 15) is 0 Å². The third-order valence-electron chi connectivity index (χ3n) is 2.49. The topological polar surface area (TPSA) is 44.2 Å². The highest BCUT2D eigenvalue weighted by atomic mass is 35.5. The zero-order valence-electron chi connectivity index (χ0n) is 10.2. The van der Waals surface area contributed by atoms with Crippen molar-refractivity contribution in [2.24, 2.45) is 0 Å². The first-order chi connectivity index (χ1) is 8.70. The molecule has 0 N–H and O–H groups in total. The van der Waals surface area contributed by atoms with Gasteiger partial charge in [-0.15, -0.1) is 0 Å². The number of hydrogen-bond donors (Lipinski definition) is 0. The number of methoxy groups -OCH3 is 1. The average Bonchev–Trinajstić information content (AvgIpc) is 2.41. The summed E-state index contributed by atoms with van der Waals surface area (Å²) in [5, 5.41) is 0.408. The van der Waals surface area contributed by atoms with Crippen LogP contribution in [0, 0.1) is 6.92 Å². The third-order valence-corrected chi connectivity index (χ3v) is 2.87. The monoisotopic (exact) mass is 264 g/mol. The molecule has 0 bridgehead atoms. The standard InChI is InChI=1S/C13H13ClN2O2/c1-9-12(14)15-8-16-13(9)18-7-10-4-3-5-11(6-10)17-2/h3-6,8H,7H2,1-2H3. The highest BCUT2D eigenvalue weighted by molar-refractivity contribution is 6.30. The molecule has 4 nitrogen and oxygen atoms in total. The number of nitrogens with zero attached hydrogens (tertiary/aromatic N) is 2. The molecule has 18 heavy (non-hydrogen) atoms. The SMILES string of the molecule is COc1cccc(COc2ncnc(Cl)c2C)c1. The summed E-state index contributed by atoms with van der Waals surface area (Å²) in [6.45, 7) is 2.23. The van der Waals surface area contributed by atoms with E-state index in [0.717, 1.165) is 16.9 Å². The largest absolute Gasteiger partial charge is 0.497 e. The first kappa shape index (κ1) is 12.6. The van der Waals surface area contributed by atoms with Gasteiger partial charge in [0, 0.05) is 5.56 Å². The lowest BCUT2D eigenvalue weighted by Gasteiger charge is -2.09. The number of hydrogen-bond acceptors (Lipinski definition) is 4. The first-order valence-electron chi connectivity index (χ1n) is 5.43. The Morgan fingerprint density at radius 3 is 2.89 bits per heavy atom. The maximum absolute atomic E-state index is 5.89. The Hall–Kier alpha value is -1.81. The molecule has 1 aromatic heterocycles. The summed E-state index contributed by atoms with van der Waals surface area (Å²) < 4.78 is 10.8. The number of rotatable bonds is 4. The van der Waals surface area contributed by atoms with Crippen LogP contribution < -0.4 is 9.47 Å². The van der Waals surface area contributed by atoms with Gasteiger partial charge in [0.1, 0.15) is 23.8 Å². The number of ether oxygens (including phenoxy) is 2.